The highest BCUT2D eigenvalue weighted by Crippen LogP contribution is 2.30. The number of rotatable bonds is 5. The van der Waals surface area contributed by atoms with Crippen LogP contribution >= 0.6 is 11.3 Å². The zero-order valence-electron chi connectivity index (χ0n) is 12.2. The topological polar surface area (TPSA) is 41.0 Å². The van der Waals surface area contributed by atoms with Gasteiger partial charge in [0.05, 0.1) is 5.39 Å². The van der Waals surface area contributed by atoms with Crippen LogP contribution in [0.3, 0.4) is 0 Å². The fourth-order valence-corrected chi connectivity index (χ4v) is 3.79. The zero-order chi connectivity index (χ0) is 13.9. The van der Waals surface area contributed by atoms with Gasteiger partial charge < -0.3 is 10.2 Å². The van der Waals surface area contributed by atoms with E-state index in [9.17, 15) is 0 Å². The van der Waals surface area contributed by atoms with Gasteiger partial charge in [0.1, 0.15) is 17.0 Å². The van der Waals surface area contributed by atoms with E-state index in [1.807, 2.05) is 0 Å². The molecule has 0 saturated carbocycles. The molecule has 0 aromatic carbocycles. The summed E-state index contributed by atoms with van der Waals surface area (Å²) in [6.45, 7) is 7.58. The molecular weight excluding hydrogens is 268 g/mol. The van der Waals surface area contributed by atoms with Gasteiger partial charge in [0.15, 0.2) is 0 Å². The molecule has 20 heavy (non-hydrogen) atoms. The molecule has 1 N–H and O–H groups in total. The lowest BCUT2D eigenvalue weighted by molar-refractivity contribution is 0.584. The average molecular weight is 290 g/mol. The number of hydrogen-bond donors (Lipinski definition) is 1. The highest BCUT2D eigenvalue weighted by atomic mass is 32.1. The molecule has 5 heteroatoms. The van der Waals surface area contributed by atoms with Gasteiger partial charge in [-0.3, -0.25) is 0 Å². The molecular formula is C15H22N4S. The molecule has 1 fully saturated rings. The summed E-state index contributed by atoms with van der Waals surface area (Å²) in [5.41, 5.74) is 0. The molecule has 1 saturated heterocycles. The summed E-state index contributed by atoms with van der Waals surface area (Å²) < 4.78 is 0. The van der Waals surface area contributed by atoms with E-state index in [0.717, 1.165) is 36.7 Å². The molecule has 1 aliphatic heterocycles. The van der Waals surface area contributed by atoms with Crippen LogP contribution in [-0.2, 0) is 6.42 Å². The van der Waals surface area contributed by atoms with Gasteiger partial charge in [-0.2, -0.15) is 0 Å². The SMILES string of the molecule is CCc1cc2c(N(CC)CC3CCCN3)ncnc2s1. The monoisotopic (exact) mass is 290 g/mol. The van der Waals surface area contributed by atoms with Crippen LogP contribution in [0.15, 0.2) is 12.4 Å². The third-order valence-corrected chi connectivity index (χ3v) is 5.18. The highest BCUT2D eigenvalue weighted by Gasteiger charge is 2.20. The Morgan fingerprint density at radius 1 is 1.40 bits per heavy atom. The minimum atomic E-state index is 0.601. The number of thiophene rings is 1. The van der Waals surface area contributed by atoms with Gasteiger partial charge in [0.25, 0.3) is 0 Å². The number of nitrogens with one attached hydrogen (secondary N) is 1. The number of likely N-dealkylation sites (N-methyl/N-ethyl adjacent to an activating group) is 1. The van der Waals surface area contributed by atoms with Gasteiger partial charge in [0, 0.05) is 24.0 Å². The van der Waals surface area contributed by atoms with Crippen LogP contribution in [0.4, 0.5) is 5.82 Å². The van der Waals surface area contributed by atoms with Gasteiger partial charge in [-0.05, 0) is 38.8 Å². The maximum Gasteiger partial charge on any atom is 0.140 e. The van der Waals surface area contributed by atoms with E-state index < -0.39 is 0 Å². The standard InChI is InChI=1S/C15H22N4S/c1-3-12-8-13-14(17-10-18-15(13)20-12)19(4-2)9-11-6-5-7-16-11/h8,10-11,16H,3-7,9H2,1-2H3. The van der Waals surface area contributed by atoms with Crippen LogP contribution < -0.4 is 10.2 Å². The fraction of sp³-hybridized carbons (Fsp3) is 0.600. The van der Waals surface area contributed by atoms with Gasteiger partial charge in [-0.1, -0.05) is 6.92 Å². The molecule has 0 aliphatic carbocycles. The van der Waals surface area contributed by atoms with E-state index in [1.165, 1.54) is 23.1 Å². The van der Waals surface area contributed by atoms with Crippen molar-refractivity contribution in [3.05, 3.63) is 17.3 Å². The summed E-state index contributed by atoms with van der Waals surface area (Å²) in [5.74, 6) is 1.10. The van der Waals surface area contributed by atoms with Crippen molar-refractivity contribution in [2.24, 2.45) is 0 Å². The van der Waals surface area contributed by atoms with Crippen molar-refractivity contribution >= 4 is 27.4 Å². The lowest BCUT2D eigenvalue weighted by Crippen LogP contribution is -2.38. The number of hydrogen-bond acceptors (Lipinski definition) is 5. The molecule has 1 aliphatic rings. The van der Waals surface area contributed by atoms with Crippen molar-refractivity contribution in [3.8, 4) is 0 Å². The zero-order valence-corrected chi connectivity index (χ0v) is 13.0. The second kappa shape index (κ2) is 6.06. The van der Waals surface area contributed by atoms with Crippen molar-refractivity contribution in [3.63, 3.8) is 0 Å². The summed E-state index contributed by atoms with van der Waals surface area (Å²) in [6.07, 6.45) is 5.34. The Morgan fingerprint density at radius 2 is 2.30 bits per heavy atom. The minimum absolute atomic E-state index is 0.601. The second-order valence-corrected chi connectivity index (χ2v) is 6.43. The Bertz CT molecular complexity index is 574. The van der Waals surface area contributed by atoms with E-state index in [4.69, 9.17) is 0 Å². The van der Waals surface area contributed by atoms with E-state index in [2.05, 4.69) is 40.1 Å². The number of aryl methyl sites for hydroxylation is 1. The van der Waals surface area contributed by atoms with Crippen LogP contribution in [0.2, 0.25) is 0 Å². The smallest absolute Gasteiger partial charge is 0.140 e. The predicted molar refractivity (Wildman–Crippen MR) is 85.7 cm³/mol. The molecule has 2 aromatic rings. The number of fused-ring (bicyclic) bond motifs is 1. The molecule has 0 bridgehead atoms. The summed E-state index contributed by atoms with van der Waals surface area (Å²) in [4.78, 5) is 13.9. The molecule has 3 heterocycles. The maximum absolute atomic E-state index is 4.56. The summed E-state index contributed by atoms with van der Waals surface area (Å²) in [6, 6.07) is 2.87. The van der Waals surface area contributed by atoms with Gasteiger partial charge in [-0.15, -0.1) is 11.3 Å². The van der Waals surface area contributed by atoms with Crippen molar-refractivity contribution in [1.29, 1.82) is 0 Å². The quantitative estimate of drug-likeness (QED) is 0.919. The molecule has 0 spiro atoms. The molecule has 0 radical (unpaired) electrons. The first-order valence-corrected chi connectivity index (χ1v) is 8.35. The fourth-order valence-electron chi connectivity index (χ4n) is 2.86. The first kappa shape index (κ1) is 13.8. The van der Waals surface area contributed by atoms with Crippen LogP contribution in [-0.4, -0.2) is 35.6 Å². The Kier molecular flexibility index (Phi) is 4.17. The van der Waals surface area contributed by atoms with E-state index >= 15 is 0 Å². The molecule has 1 atom stereocenters. The van der Waals surface area contributed by atoms with E-state index in [0.29, 0.717) is 6.04 Å². The van der Waals surface area contributed by atoms with E-state index in [1.54, 1.807) is 17.7 Å². The molecule has 2 aromatic heterocycles. The Balaban J connectivity index is 1.91. The van der Waals surface area contributed by atoms with Crippen LogP contribution in [0.25, 0.3) is 10.2 Å². The van der Waals surface area contributed by atoms with Crippen molar-refractivity contribution in [2.45, 2.75) is 39.2 Å². The van der Waals surface area contributed by atoms with Crippen molar-refractivity contribution in [2.75, 3.05) is 24.5 Å². The molecule has 108 valence electrons. The van der Waals surface area contributed by atoms with Gasteiger partial charge in [0.2, 0.25) is 0 Å². The van der Waals surface area contributed by atoms with Crippen molar-refractivity contribution < 1.29 is 0 Å². The Labute approximate surface area is 124 Å². The van der Waals surface area contributed by atoms with Gasteiger partial charge in [-0.25, -0.2) is 9.97 Å². The van der Waals surface area contributed by atoms with Crippen LogP contribution in [0.5, 0.6) is 0 Å². The Hall–Kier alpha value is -1.20. The lowest BCUT2D eigenvalue weighted by Gasteiger charge is -2.25. The molecule has 3 rings (SSSR count). The maximum atomic E-state index is 4.56. The second-order valence-electron chi connectivity index (χ2n) is 5.31. The van der Waals surface area contributed by atoms with Crippen LogP contribution in [0.1, 0.15) is 31.6 Å². The van der Waals surface area contributed by atoms with E-state index in [-0.39, 0.29) is 0 Å². The normalized spacial score (nSPS) is 18.8. The third kappa shape index (κ3) is 2.65. The highest BCUT2D eigenvalue weighted by molar-refractivity contribution is 7.18. The largest absolute Gasteiger partial charge is 0.355 e. The molecule has 4 nitrogen and oxygen atoms in total. The minimum Gasteiger partial charge on any atom is -0.355 e. The first-order valence-electron chi connectivity index (χ1n) is 7.53. The summed E-state index contributed by atoms with van der Waals surface area (Å²) in [5, 5.41) is 4.79. The molecule has 1 unspecified atom stereocenters. The van der Waals surface area contributed by atoms with Crippen molar-refractivity contribution in [1.82, 2.24) is 15.3 Å². The Morgan fingerprint density at radius 3 is 3.00 bits per heavy atom. The summed E-state index contributed by atoms with van der Waals surface area (Å²) in [7, 11) is 0. The number of aromatic nitrogens is 2. The third-order valence-electron chi connectivity index (χ3n) is 3.99. The lowest BCUT2D eigenvalue weighted by atomic mass is 10.2. The number of anilines is 1. The predicted octanol–water partition coefficient (Wildman–Crippen LogP) is 2.83. The molecule has 0 amide bonds. The first-order chi connectivity index (χ1) is 9.81. The summed E-state index contributed by atoms with van der Waals surface area (Å²) >= 11 is 1.79. The average Bonchev–Trinajstić information content (AvgIpc) is 3.12. The van der Waals surface area contributed by atoms with Gasteiger partial charge >= 0.3 is 0 Å². The van der Waals surface area contributed by atoms with Crippen LogP contribution in [0, 0.1) is 0 Å². The number of nitrogens with zero attached hydrogens (tertiary/aromatic N) is 3.